The molecule has 1 aromatic carbocycles. The second kappa shape index (κ2) is 6.31. The minimum absolute atomic E-state index is 0.347. The third-order valence-electron chi connectivity index (χ3n) is 2.71. The monoisotopic (exact) mass is 279 g/mol. The average molecular weight is 279 g/mol. The van der Waals surface area contributed by atoms with Gasteiger partial charge in [-0.3, -0.25) is 0 Å². The lowest BCUT2D eigenvalue weighted by molar-refractivity contribution is 0.661. The van der Waals surface area contributed by atoms with Gasteiger partial charge in [0.05, 0.1) is 0 Å². The zero-order valence-electron chi connectivity index (χ0n) is 10.8. The molecule has 0 aliphatic rings. The van der Waals surface area contributed by atoms with Crippen LogP contribution in [0, 0.1) is 13.8 Å². The first-order valence-electron chi connectivity index (χ1n) is 5.86. The van der Waals surface area contributed by atoms with E-state index in [1.165, 1.54) is 11.1 Å². The molecule has 2 aromatic rings. The van der Waals surface area contributed by atoms with Crippen LogP contribution in [0.3, 0.4) is 0 Å². The zero-order valence-corrected chi connectivity index (χ0v) is 12.4. The van der Waals surface area contributed by atoms with Crippen LogP contribution in [0.1, 0.15) is 22.2 Å². The maximum atomic E-state index is 4.13. The van der Waals surface area contributed by atoms with Crippen LogP contribution < -0.4 is 5.32 Å². The Bertz CT molecular complexity index is 493. The molecule has 0 saturated carbocycles. The van der Waals surface area contributed by atoms with Gasteiger partial charge in [-0.1, -0.05) is 52.9 Å². The van der Waals surface area contributed by atoms with E-state index in [2.05, 4.69) is 46.7 Å². The van der Waals surface area contributed by atoms with Gasteiger partial charge >= 0.3 is 0 Å². The van der Waals surface area contributed by atoms with Crippen LogP contribution >= 0.6 is 23.1 Å². The lowest BCUT2D eigenvalue weighted by atomic mass is 10.1. The van der Waals surface area contributed by atoms with Gasteiger partial charge in [-0.15, -0.1) is 10.2 Å². The summed E-state index contributed by atoms with van der Waals surface area (Å²) in [5.41, 5.74) is 2.61. The lowest BCUT2D eigenvalue weighted by Gasteiger charge is -2.15. The quantitative estimate of drug-likeness (QED) is 0.853. The van der Waals surface area contributed by atoms with Crippen LogP contribution in [-0.2, 0) is 0 Å². The molecule has 2 rings (SSSR count). The second-order valence-corrected chi connectivity index (χ2v) is 6.60. The molecule has 1 heterocycles. The highest BCUT2D eigenvalue weighted by molar-refractivity contribution is 8.01. The van der Waals surface area contributed by atoms with Crippen LogP contribution in [0.15, 0.2) is 28.6 Å². The summed E-state index contributed by atoms with van der Waals surface area (Å²) in [5, 5.41) is 12.5. The van der Waals surface area contributed by atoms with E-state index in [1.54, 1.807) is 23.1 Å². The maximum absolute atomic E-state index is 4.13. The number of rotatable bonds is 5. The van der Waals surface area contributed by atoms with E-state index in [9.17, 15) is 0 Å². The largest absolute Gasteiger partial charge is 0.312 e. The molecule has 0 aliphatic carbocycles. The highest BCUT2D eigenvalue weighted by Gasteiger charge is 2.11. The first kappa shape index (κ1) is 13.5. The normalized spacial score (nSPS) is 12.6. The smallest absolute Gasteiger partial charge is 0.174 e. The highest BCUT2D eigenvalue weighted by atomic mass is 32.2. The molecule has 0 bridgehead atoms. The van der Waals surface area contributed by atoms with Crippen molar-refractivity contribution in [3.8, 4) is 0 Å². The summed E-state index contributed by atoms with van der Waals surface area (Å²) in [4.78, 5) is 0. The Balaban J connectivity index is 1.99. The summed E-state index contributed by atoms with van der Waals surface area (Å²) < 4.78 is 1.04. The number of aryl methyl sites for hydroxylation is 2. The molecule has 0 aliphatic heterocycles. The molecule has 1 atom stereocenters. The number of hydrogen-bond donors (Lipinski definition) is 1. The number of hydrogen-bond acceptors (Lipinski definition) is 5. The van der Waals surface area contributed by atoms with E-state index in [0.29, 0.717) is 6.04 Å². The molecule has 18 heavy (non-hydrogen) atoms. The molecule has 0 amide bonds. The van der Waals surface area contributed by atoms with Gasteiger partial charge in [-0.2, -0.15) is 0 Å². The van der Waals surface area contributed by atoms with Crippen LogP contribution in [0.4, 0.5) is 0 Å². The topological polar surface area (TPSA) is 37.8 Å². The minimum Gasteiger partial charge on any atom is -0.312 e. The first-order valence-corrected chi connectivity index (χ1v) is 7.66. The summed E-state index contributed by atoms with van der Waals surface area (Å²) in [6.45, 7) is 4.09. The molecule has 1 N–H and O–H groups in total. The molecular formula is C13H17N3S2. The van der Waals surface area contributed by atoms with Gasteiger partial charge in [0, 0.05) is 11.8 Å². The Morgan fingerprint density at radius 2 is 1.94 bits per heavy atom. The van der Waals surface area contributed by atoms with Crippen molar-refractivity contribution in [1.82, 2.24) is 15.5 Å². The van der Waals surface area contributed by atoms with Gasteiger partial charge in [0.25, 0.3) is 0 Å². The fourth-order valence-electron chi connectivity index (χ4n) is 1.64. The van der Waals surface area contributed by atoms with Crippen molar-refractivity contribution in [2.45, 2.75) is 24.2 Å². The maximum Gasteiger partial charge on any atom is 0.174 e. The van der Waals surface area contributed by atoms with Gasteiger partial charge in [0.2, 0.25) is 0 Å². The molecule has 5 heteroatoms. The Labute approximate surface area is 116 Å². The van der Waals surface area contributed by atoms with Gasteiger partial charge < -0.3 is 5.32 Å². The average Bonchev–Trinajstić information content (AvgIpc) is 2.78. The van der Waals surface area contributed by atoms with Gasteiger partial charge in [0.15, 0.2) is 4.34 Å². The van der Waals surface area contributed by atoms with Crippen molar-refractivity contribution in [3.05, 3.63) is 40.4 Å². The Morgan fingerprint density at radius 1 is 1.22 bits per heavy atom. The zero-order chi connectivity index (χ0) is 13.0. The van der Waals surface area contributed by atoms with E-state index in [4.69, 9.17) is 0 Å². The number of thioether (sulfide) groups is 1. The number of benzene rings is 1. The van der Waals surface area contributed by atoms with Gasteiger partial charge in [-0.05, 0) is 26.5 Å². The van der Waals surface area contributed by atoms with Crippen molar-refractivity contribution in [2.24, 2.45) is 0 Å². The van der Waals surface area contributed by atoms with Crippen molar-refractivity contribution in [1.29, 1.82) is 0 Å². The predicted octanol–water partition coefficient (Wildman–Crippen LogP) is 3.21. The summed E-state index contributed by atoms with van der Waals surface area (Å²) in [6, 6.07) is 9.02. The van der Waals surface area contributed by atoms with E-state index in [0.717, 1.165) is 15.1 Å². The second-order valence-electron chi connectivity index (χ2n) is 4.15. The highest BCUT2D eigenvalue weighted by Crippen LogP contribution is 2.26. The molecule has 1 aromatic heterocycles. The van der Waals surface area contributed by atoms with Crippen molar-refractivity contribution >= 4 is 23.1 Å². The van der Waals surface area contributed by atoms with E-state index in [1.807, 2.05) is 14.0 Å². The number of aromatic nitrogens is 2. The summed E-state index contributed by atoms with van der Waals surface area (Å²) in [7, 11) is 2.00. The van der Waals surface area contributed by atoms with Crippen LogP contribution in [-0.4, -0.2) is 23.0 Å². The molecule has 0 spiro atoms. The van der Waals surface area contributed by atoms with Gasteiger partial charge in [-0.25, -0.2) is 0 Å². The molecule has 0 saturated heterocycles. The van der Waals surface area contributed by atoms with Crippen molar-refractivity contribution in [3.63, 3.8) is 0 Å². The fraction of sp³-hybridized carbons (Fsp3) is 0.385. The minimum atomic E-state index is 0.347. The Kier molecular flexibility index (Phi) is 4.74. The van der Waals surface area contributed by atoms with E-state index < -0.39 is 0 Å². The predicted molar refractivity (Wildman–Crippen MR) is 78.3 cm³/mol. The third-order valence-corrected chi connectivity index (χ3v) is 4.77. The molecule has 96 valence electrons. The Hall–Kier alpha value is -0.910. The van der Waals surface area contributed by atoms with Gasteiger partial charge in [0.1, 0.15) is 5.01 Å². The molecular weight excluding hydrogens is 262 g/mol. The lowest BCUT2D eigenvalue weighted by Crippen LogP contribution is -2.18. The molecule has 1 unspecified atom stereocenters. The van der Waals surface area contributed by atoms with E-state index in [-0.39, 0.29) is 0 Å². The first-order chi connectivity index (χ1) is 8.69. The van der Waals surface area contributed by atoms with E-state index >= 15 is 0 Å². The SMILES string of the molecule is CNC(CSc1nnc(C)s1)c1ccc(C)cc1. The summed E-state index contributed by atoms with van der Waals surface area (Å²) in [6.07, 6.45) is 0. The molecule has 0 fully saturated rings. The van der Waals surface area contributed by atoms with Crippen LogP contribution in [0.5, 0.6) is 0 Å². The molecule has 3 nitrogen and oxygen atoms in total. The fourth-order valence-corrected chi connectivity index (χ4v) is 3.62. The van der Waals surface area contributed by atoms with Crippen LogP contribution in [0.25, 0.3) is 0 Å². The molecule has 0 radical (unpaired) electrons. The number of nitrogens with one attached hydrogen (secondary N) is 1. The van der Waals surface area contributed by atoms with Crippen molar-refractivity contribution in [2.75, 3.05) is 12.8 Å². The number of nitrogens with zero attached hydrogens (tertiary/aromatic N) is 2. The summed E-state index contributed by atoms with van der Waals surface area (Å²) >= 11 is 3.41. The van der Waals surface area contributed by atoms with Crippen LogP contribution in [0.2, 0.25) is 0 Å². The summed E-state index contributed by atoms with van der Waals surface area (Å²) in [5.74, 6) is 0.966. The Morgan fingerprint density at radius 3 is 2.50 bits per heavy atom. The standard InChI is InChI=1S/C13H17N3S2/c1-9-4-6-11(7-5-9)12(14-3)8-17-13-16-15-10(2)18-13/h4-7,12,14H,8H2,1-3H3. The third kappa shape index (κ3) is 3.54. The van der Waals surface area contributed by atoms with Crippen molar-refractivity contribution < 1.29 is 0 Å².